The lowest BCUT2D eigenvalue weighted by Gasteiger charge is -2.29. The van der Waals surface area contributed by atoms with E-state index in [2.05, 4.69) is 38.2 Å². The molecule has 3 nitrogen and oxygen atoms in total. The van der Waals surface area contributed by atoms with Gasteiger partial charge in [-0.2, -0.15) is 0 Å². The van der Waals surface area contributed by atoms with Crippen LogP contribution in [0.2, 0.25) is 0 Å². The molecule has 0 radical (unpaired) electrons. The largest absolute Gasteiger partial charge is 0.497 e. The second kappa shape index (κ2) is 6.10. The molecule has 1 aromatic rings. The van der Waals surface area contributed by atoms with Crippen LogP contribution < -0.4 is 14.8 Å². The predicted octanol–water partition coefficient (Wildman–Crippen LogP) is 2.98. The zero-order valence-corrected chi connectivity index (χ0v) is 12.3. The van der Waals surface area contributed by atoms with Gasteiger partial charge in [-0.15, -0.1) is 0 Å². The SMILES string of the molecule is CNC(C)CC(C)(C)c1cc(OC)cc(OC)c1. The molecule has 0 aliphatic heterocycles. The second-order valence-corrected chi connectivity index (χ2v) is 5.38. The molecule has 0 amide bonds. The van der Waals surface area contributed by atoms with E-state index in [9.17, 15) is 0 Å². The zero-order chi connectivity index (χ0) is 13.8. The molecule has 1 N–H and O–H groups in total. The van der Waals surface area contributed by atoms with E-state index in [4.69, 9.17) is 9.47 Å². The second-order valence-electron chi connectivity index (χ2n) is 5.38. The summed E-state index contributed by atoms with van der Waals surface area (Å²) in [6, 6.07) is 6.55. The van der Waals surface area contributed by atoms with Crippen molar-refractivity contribution >= 4 is 0 Å². The highest BCUT2D eigenvalue weighted by Gasteiger charge is 2.24. The highest BCUT2D eigenvalue weighted by atomic mass is 16.5. The van der Waals surface area contributed by atoms with Gasteiger partial charge in [0.05, 0.1) is 14.2 Å². The Bertz CT molecular complexity index is 366. The molecule has 1 aromatic carbocycles. The van der Waals surface area contributed by atoms with Crippen molar-refractivity contribution in [1.29, 1.82) is 0 Å². The Balaban J connectivity index is 3.06. The maximum Gasteiger partial charge on any atom is 0.122 e. The van der Waals surface area contributed by atoms with Crippen LogP contribution in [0.5, 0.6) is 11.5 Å². The predicted molar refractivity (Wildman–Crippen MR) is 75.7 cm³/mol. The summed E-state index contributed by atoms with van der Waals surface area (Å²) in [5.41, 5.74) is 1.31. The minimum Gasteiger partial charge on any atom is -0.497 e. The fraction of sp³-hybridized carbons (Fsp3) is 0.600. The monoisotopic (exact) mass is 251 g/mol. The maximum atomic E-state index is 5.33. The van der Waals surface area contributed by atoms with Gasteiger partial charge >= 0.3 is 0 Å². The average Bonchev–Trinajstić information content (AvgIpc) is 2.37. The molecule has 0 aromatic heterocycles. The van der Waals surface area contributed by atoms with Crippen molar-refractivity contribution in [2.24, 2.45) is 0 Å². The Morgan fingerprint density at radius 2 is 1.61 bits per heavy atom. The fourth-order valence-corrected chi connectivity index (χ4v) is 2.18. The third-order valence-corrected chi connectivity index (χ3v) is 3.44. The number of methoxy groups -OCH3 is 2. The first-order valence-electron chi connectivity index (χ1n) is 6.33. The Morgan fingerprint density at radius 3 is 2.00 bits per heavy atom. The number of rotatable bonds is 6. The molecule has 1 rings (SSSR count). The van der Waals surface area contributed by atoms with E-state index >= 15 is 0 Å². The third-order valence-electron chi connectivity index (χ3n) is 3.44. The molecule has 0 saturated heterocycles. The zero-order valence-electron chi connectivity index (χ0n) is 12.3. The van der Waals surface area contributed by atoms with Crippen LogP contribution in [0.4, 0.5) is 0 Å². The number of hydrogen-bond donors (Lipinski definition) is 1. The molecule has 0 heterocycles. The van der Waals surface area contributed by atoms with Crippen molar-refractivity contribution in [3.8, 4) is 11.5 Å². The van der Waals surface area contributed by atoms with Crippen molar-refractivity contribution in [2.45, 2.75) is 38.6 Å². The molecule has 1 unspecified atom stereocenters. The molecule has 18 heavy (non-hydrogen) atoms. The van der Waals surface area contributed by atoms with Crippen molar-refractivity contribution in [1.82, 2.24) is 5.32 Å². The molecule has 0 saturated carbocycles. The van der Waals surface area contributed by atoms with Gasteiger partial charge in [-0.05, 0) is 43.5 Å². The number of hydrogen-bond acceptors (Lipinski definition) is 3. The Kier molecular flexibility index (Phi) is 5.03. The van der Waals surface area contributed by atoms with Gasteiger partial charge in [0.15, 0.2) is 0 Å². The molecule has 0 fully saturated rings. The number of ether oxygens (including phenoxy) is 2. The Hall–Kier alpha value is -1.22. The lowest BCUT2D eigenvalue weighted by molar-refractivity contribution is 0.379. The highest BCUT2D eigenvalue weighted by molar-refractivity contribution is 5.41. The van der Waals surface area contributed by atoms with Crippen LogP contribution in [0, 0.1) is 0 Å². The molecule has 0 aliphatic rings. The molecule has 3 heteroatoms. The third kappa shape index (κ3) is 3.64. The van der Waals surface area contributed by atoms with Gasteiger partial charge < -0.3 is 14.8 Å². The lowest BCUT2D eigenvalue weighted by atomic mass is 9.79. The summed E-state index contributed by atoms with van der Waals surface area (Å²) in [4.78, 5) is 0. The Morgan fingerprint density at radius 1 is 1.11 bits per heavy atom. The van der Waals surface area contributed by atoms with Crippen LogP contribution in [-0.2, 0) is 5.41 Å². The molecule has 102 valence electrons. The quantitative estimate of drug-likeness (QED) is 0.843. The van der Waals surface area contributed by atoms with Crippen molar-refractivity contribution in [3.63, 3.8) is 0 Å². The average molecular weight is 251 g/mol. The van der Waals surface area contributed by atoms with E-state index in [-0.39, 0.29) is 5.41 Å². The number of benzene rings is 1. The van der Waals surface area contributed by atoms with Gasteiger partial charge in [0.1, 0.15) is 11.5 Å². The van der Waals surface area contributed by atoms with Crippen LogP contribution in [-0.4, -0.2) is 27.3 Å². The minimum absolute atomic E-state index is 0.0737. The van der Waals surface area contributed by atoms with Crippen molar-refractivity contribution in [2.75, 3.05) is 21.3 Å². The minimum atomic E-state index is 0.0737. The molecule has 0 bridgehead atoms. The van der Waals surface area contributed by atoms with Gasteiger partial charge in [-0.1, -0.05) is 13.8 Å². The normalized spacial score (nSPS) is 13.2. The fourth-order valence-electron chi connectivity index (χ4n) is 2.18. The number of nitrogens with one attached hydrogen (secondary N) is 1. The molecular weight excluding hydrogens is 226 g/mol. The first-order valence-corrected chi connectivity index (χ1v) is 6.33. The van der Waals surface area contributed by atoms with E-state index in [0.717, 1.165) is 17.9 Å². The first kappa shape index (κ1) is 14.8. The summed E-state index contributed by atoms with van der Waals surface area (Å²) in [7, 11) is 5.36. The smallest absolute Gasteiger partial charge is 0.122 e. The summed E-state index contributed by atoms with van der Waals surface area (Å²) in [6.45, 7) is 6.68. The van der Waals surface area contributed by atoms with Gasteiger partial charge in [-0.3, -0.25) is 0 Å². The standard InChI is InChI=1S/C15H25NO2/c1-11(16-4)10-15(2,3)12-7-13(17-5)9-14(8-12)18-6/h7-9,11,16H,10H2,1-6H3. The molecule has 0 spiro atoms. The van der Waals surface area contributed by atoms with E-state index < -0.39 is 0 Å². The summed E-state index contributed by atoms with van der Waals surface area (Å²) in [5.74, 6) is 1.68. The summed E-state index contributed by atoms with van der Waals surface area (Å²) < 4.78 is 10.7. The van der Waals surface area contributed by atoms with Crippen molar-refractivity contribution in [3.05, 3.63) is 23.8 Å². The van der Waals surface area contributed by atoms with Gasteiger partial charge in [0.2, 0.25) is 0 Å². The van der Waals surface area contributed by atoms with Crippen LogP contribution in [0.25, 0.3) is 0 Å². The Labute approximate surface area is 110 Å². The summed E-state index contributed by atoms with van der Waals surface area (Å²) in [6.07, 6.45) is 1.06. The maximum absolute atomic E-state index is 5.33. The van der Waals surface area contributed by atoms with Crippen LogP contribution in [0.3, 0.4) is 0 Å². The van der Waals surface area contributed by atoms with Crippen molar-refractivity contribution < 1.29 is 9.47 Å². The summed E-state index contributed by atoms with van der Waals surface area (Å²) in [5, 5.41) is 3.29. The first-order chi connectivity index (χ1) is 8.42. The van der Waals surface area contributed by atoms with Gasteiger partial charge in [0.25, 0.3) is 0 Å². The highest BCUT2D eigenvalue weighted by Crippen LogP contribution is 2.34. The van der Waals surface area contributed by atoms with E-state index in [0.29, 0.717) is 6.04 Å². The molecular formula is C15H25NO2. The van der Waals surface area contributed by atoms with E-state index in [1.807, 2.05) is 13.1 Å². The van der Waals surface area contributed by atoms with Crippen LogP contribution >= 0.6 is 0 Å². The van der Waals surface area contributed by atoms with Crippen LogP contribution in [0.15, 0.2) is 18.2 Å². The van der Waals surface area contributed by atoms with Gasteiger partial charge in [-0.25, -0.2) is 0 Å². The molecule has 0 aliphatic carbocycles. The van der Waals surface area contributed by atoms with Crippen LogP contribution in [0.1, 0.15) is 32.8 Å². The lowest BCUT2D eigenvalue weighted by Crippen LogP contribution is -2.30. The molecule has 1 atom stereocenters. The summed E-state index contributed by atoms with van der Waals surface area (Å²) >= 11 is 0. The topological polar surface area (TPSA) is 30.5 Å². The van der Waals surface area contributed by atoms with Gasteiger partial charge in [0, 0.05) is 12.1 Å². The van der Waals surface area contributed by atoms with E-state index in [1.165, 1.54) is 5.56 Å². The van der Waals surface area contributed by atoms with E-state index in [1.54, 1.807) is 14.2 Å².